The van der Waals surface area contributed by atoms with E-state index in [9.17, 15) is 18.0 Å². The lowest BCUT2D eigenvalue weighted by Crippen LogP contribution is -2.32. The number of anilines is 1. The molecular weight excluding hydrogens is 532 g/mol. The molecule has 0 radical (unpaired) electrons. The first-order valence-corrected chi connectivity index (χ1v) is 14.6. The third-order valence-corrected chi connectivity index (χ3v) is 9.45. The van der Waals surface area contributed by atoms with E-state index in [-0.39, 0.29) is 45.1 Å². The number of carbonyl (C=O) groups is 2. The molecule has 0 aromatic heterocycles. The van der Waals surface area contributed by atoms with Crippen LogP contribution in [-0.2, 0) is 22.8 Å². The van der Waals surface area contributed by atoms with E-state index >= 15 is 0 Å². The number of halogens is 1. The van der Waals surface area contributed by atoms with Gasteiger partial charge in [-0.25, -0.2) is 8.42 Å². The fourth-order valence-electron chi connectivity index (χ4n) is 5.47. The predicted molar refractivity (Wildman–Crippen MR) is 150 cm³/mol. The smallest absolute Gasteiger partial charge is 0.259 e. The monoisotopic (exact) mass is 556 g/mol. The number of rotatable bonds is 4. The maximum absolute atomic E-state index is 13.8. The molecule has 6 rings (SSSR count). The number of aryl methyl sites for hydroxylation is 1. The Hall–Kier alpha value is -3.94. The van der Waals surface area contributed by atoms with Crippen LogP contribution in [0.25, 0.3) is 0 Å². The van der Waals surface area contributed by atoms with Gasteiger partial charge in [-0.2, -0.15) is 0 Å². The van der Waals surface area contributed by atoms with Crippen molar-refractivity contribution in [2.45, 2.75) is 41.6 Å². The number of hydrogen-bond acceptors (Lipinski definition) is 4. The van der Waals surface area contributed by atoms with Crippen molar-refractivity contribution in [3.8, 4) is 0 Å². The maximum atomic E-state index is 13.8. The fourth-order valence-corrected chi connectivity index (χ4v) is 7.31. The molecule has 2 aliphatic rings. The molecule has 4 aromatic carbocycles. The summed E-state index contributed by atoms with van der Waals surface area (Å²) in [6.07, 6.45) is 2.75. The molecule has 4 aromatic rings. The molecular formula is C31H25ClN2O4S. The highest BCUT2D eigenvalue weighted by molar-refractivity contribution is 7.91. The average molecular weight is 557 g/mol. The minimum absolute atomic E-state index is 0.0256. The molecule has 2 amide bonds. The van der Waals surface area contributed by atoms with Crippen molar-refractivity contribution in [2.24, 2.45) is 0 Å². The molecule has 0 unspecified atom stereocenters. The van der Waals surface area contributed by atoms with Gasteiger partial charge >= 0.3 is 0 Å². The van der Waals surface area contributed by atoms with E-state index in [1.54, 1.807) is 30.3 Å². The first kappa shape index (κ1) is 25.3. The number of hydrogen-bond donors (Lipinski definition) is 1. The third kappa shape index (κ3) is 4.62. The van der Waals surface area contributed by atoms with Crippen molar-refractivity contribution in [2.75, 3.05) is 4.90 Å². The van der Waals surface area contributed by atoms with Crippen LogP contribution >= 0.6 is 11.6 Å². The Morgan fingerprint density at radius 2 is 1.72 bits per heavy atom. The van der Waals surface area contributed by atoms with Crippen molar-refractivity contribution in [3.05, 3.63) is 124 Å². The normalized spacial score (nSPS) is 17.4. The minimum Gasteiger partial charge on any atom is -0.345 e. The Balaban J connectivity index is 1.43. The summed E-state index contributed by atoms with van der Waals surface area (Å²) in [5.41, 5.74) is 3.57. The number of amides is 2. The second kappa shape index (κ2) is 9.98. The zero-order valence-corrected chi connectivity index (χ0v) is 22.5. The van der Waals surface area contributed by atoms with Crippen molar-refractivity contribution in [1.29, 1.82) is 0 Å². The van der Waals surface area contributed by atoms with E-state index in [0.717, 1.165) is 30.4 Å². The molecule has 0 spiro atoms. The predicted octanol–water partition coefficient (Wildman–Crippen LogP) is 6.14. The van der Waals surface area contributed by atoms with Crippen LogP contribution in [0.4, 0.5) is 5.69 Å². The molecule has 0 bridgehead atoms. The van der Waals surface area contributed by atoms with Gasteiger partial charge in [0.25, 0.3) is 11.8 Å². The summed E-state index contributed by atoms with van der Waals surface area (Å²) in [6.45, 7) is 0.0807. The Morgan fingerprint density at radius 1 is 0.923 bits per heavy atom. The van der Waals surface area contributed by atoms with Crippen LogP contribution in [-0.4, -0.2) is 20.2 Å². The first-order valence-electron chi connectivity index (χ1n) is 12.8. The number of fused-ring (bicyclic) bond motifs is 3. The van der Waals surface area contributed by atoms with E-state index in [2.05, 4.69) is 11.4 Å². The van der Waals surface area contributed by atoms with Crippen molar-refractivity contribution >= 4 is 38.9 Å². The van der Waals surface area contributed by atoms with Crippen molar-refractivity contribution in [3.63, 3.8) is 0 Å². The van der Waals surface area contributed by atoms with E-state index < -0.39 is 15.7 Å². The van der Waals surface area contributed by atoms with E-state index in [1.807, 2.05) is 24.3 Å². The summed E-state index contributed by atoms with van der Waals surface area (Å²) in [5.74, 6) is -0.791. The topological polar surface area (TPSA) is 83.6 Å². The molecule has 1 aliphatic heterocycles. The fraction of sp³-hybridized carbons (Fsp3) is 0.161. The quantitative estimate of drug-likeness (QED) is 0.327. The zero-order valence-electron chi connectivity index (χ0n) is 20.9. The molecule has 196 valence electrons. The van der Waals surface area contributed by atoms with Gasteiger partial charge in [0.2, 0.25) is 9.84 Å². The second-order valence-corrected chi connectivity index (χ2v) is 12.1. The minimum atomic E-state index is -4.03. The molecule has 1 heterocycles. The number of carbonyl (C=O) groups excluding carboxylic acids is 2. The van der Waals surface area contributed by atoms with E-state index in [1.165, 1.54) is 40.8 Å². The summed E-state index contributed by atoms with van der Waals surface area (Å²) in [5, 5.41) is 3.63. The van der Waals surface area contributed by atoms with Gasteiger partial charge in [-0.1, -0.05) is 60.1 Å². The molecule has 0 saturated heterocycles. The molecule has 0 saturated carbocycles. The SMILES string of the molecule is O=C(N[C@@H]1CCCc2ccccc21)c1ccc2c(c1)N(Cc1cccc(Cl)c1)C(=O)c1ccccc1S2(=O)=O. The lowest BCUT2D eigenvalue weighted by Gasteiger charge is -2.27. The van der Waals surface area contributed by atoms with Crippen LogP contribution in [0.2, 0.25) is 5.02 Å². The summed E-state index contributed by atoms with van der Waals surface area (Å²) >= 11 is 6.20. The highest BCUT2D eigenvalue weighted by Crippen LogP contribution is 2.38. The van der Waals surface area contributed by atoms with E-state index in [4.69, 9.17) is 11.6 Å². The summed E-state index contributed by atoms with van der Waals surface area (Å²) in [6, 6.07) is 25.6. The Labute approximate surface area is 232 Å². The van der Waals surface area contributed by atoms with Crippen LogP contribution in [0.1, 0.15) is 56.3 Å². The highest BCUT2D eigenvalue weighted by Gasteiger charge is 2.36. The van der Waals surface area contributed by atoms with Crippen LogP contribution in [0.15, 0.2) is 101 Å². The number of benzene rings is 4. The molecule has 8 heteroatoms. The second-order valence-electron chi connectivity index (χ2n) is 9.82. The van der Waals surface area contributed by atoms with Gasteiger partial charge in [0.15, 0.2) is 0 Å². The van der Waals surface area contributed by atoms with Crippen LogP contribution in [0.5, 0.6) is 0 Å². The highest BCUT2D eigenvalue weighted by atomic mass is 35.5. The Kier molecular flexibility index (Phi) is 6.49. The summed E-state index contributed by atoms with van der Waals surface area (Å²) in [4.78, 5) is 28.7. The molecule has 39 heavy (non-hydrogen) atoms. The van der Waals surface area contributed by atoms with Gasteiger partial charge in [0.1, 0.15) is 0 Å². The van der Waals surface area contributed by atoms with Gasteiger partial charge in [0, 0.05) is 10.6 Å². The lowest BCUT2D eigenvalue weighted by molar-refractivity contribution is 0.0930. The Bertz CT molecular complexity index is 1730. The number of sulfone groups is 1. The number of nitrogens with zero attached hydrogens (tertiary/aromatic N) is 1. The third-order valence-electron chi connectivity index (χ3n) is 7.36. The number of nitrogens with one attached hydrogen (secondary N) is 1. The van der Waals surface area contributed by atoms with Gasteiger partial charge in [-0.05, 0) is 78.4 Å². The molecule has 1 aliphatic carbocycles. The summed E-state index contributed by atoms with van der Waals surface area (Å²) in [7, 11) is -4.03. The van der Waals surface area contributed by atoms with E-state index in [0.29, 0.717) is 5.02 Å². The molecule has 1 N–H and O–H groups in total. The van der Waals surface area contributed by atoms with Gasteiger partial charge in [0.05, 0.1) is 33.6 Å². The van der Waals surface area contributed by atoms with Crippen LogP contribution in [0.3, 0.4) is 0 Å². The van der Waals surface area contributed by atoms with Crippen molar-refractivity contribution in [1.82, 2.24) is 5.32 Å². The van der Waals surface area contributed by atoms with Crippen LogP contribution in [0, 0.1) is 0 Å². The largest absolute Gasteiger partial charge is 0.345 e. The lowest BCUT2D eigenvalue weighted by atomic mass is 9.87. The van der Waals surface area contributed by atoms with Gasteiger partial charge in [-0.15, -0.1) is 0 Å². The summed E-state index contributed by atoms with van der Waals surface area (Å²) < 4.78 is 27.5. The average Bonchev–Trinajstić information content (AvgIpc) is 3.01. The standard InChI is InChI=1S/C31H25ClN2O4S/c32-23-10-5-7-20(17-23)19-34-27-18-22(30(35)33-26-13-6-9-21-8-1-2-11-24(21)26)15-16-29(27)39(37,38)28-14-4-3-12-25(28)31(34)36/h1-5,7-8,10-12,14-18,26H,6,9,13,19H2,(H,33,35)/t26-/m1/s1. The molecule has 0 fully saturated rings. The Morgan fingerprint density at radius 3 is 2.56 bits per heavy atom. The first-order chi connectivity index (χ1) is 18.8. The maximum Gasteiger partial charge on any atom is 0.259 e. The molecule has 1 atom stereocenters. The van der Waals surface area contributed by atoms with Gasteiger partial charge in [-0.3, -0.25) is 9.59 Å². The van der Waals surface area contributed by atoms with Crippen molar-refractivity contribution < 1.29 is 18.0 Å². The zero-order chi connectivity index (χ0) is 27.1. The van der Waals surface area contributed by atoms with Gasteiger partial charge < -0.3 is 10.2 Å². The van der Waals surface area contributed by atoms with Crippen LogP contribution < -0.4 is 10.2 Å². The molecule has 6 nitrogen and oxygen atoms in total.